The zero-order valence-corrected chi connectivity index (χ0v) is 14.0. The molecule has 1 rings (SSSR count). The highest BCUT2D eigenvalue weighted by Crippen LogP contribution is 2.27. The molecule has 0 radical (unpaired) electrons. The first-order valence-electron chi connectivity index (χ1n) is 7.63. The molecular weight excluding hydrogens is 246 g/mol. The van der Waals surface area contributed by atoms with Gasteiger partial charge in [-0.1, -0.05) is 32.9 Å². The summed E-state index contributed by atoms with van der Waals surface area (Å²) in [6.07, 6.45) is 3.31. The number of phenolic OH excluding ortho intramolecular Hbond substituents is 1. The molecular formula is C18H31NO. The van der Waals surface area contributed by atoms with Crippen molar-refractivity contribution < 1.29 is 5.11 Å². The minimum Gasteiger partial charge on any atom is -0.508 e. The molecule has 0 saturated heterocycles. The second-order valence-corrected chi connectivity index (χ2v) is 7.87. The van der Waals surface area contributed by atoms with Gasteiger partial charge in [-0.15, -0.1) is 0 Å². The van der Waals surface area contributed by atoms with Crippen molar-refractivity contribution in [3.05, 3.63) is 29.8 Å². The molecule has 0 aliphatic rings. The molecule has 1 aromatic rings. The lowest BCUT2D eigenvalue weighted by Crippen LogP contribution is -2.47. The van der Waals surface area contributed by atoms with Crippen LogP contribution < -0.4 is 5.32 Å². The van der Waals surface area contributed by atoms with Crippen LogP contribution in [0.25, 0.3) is 0 Å². The Morgan fingerprint density at radius 1 is 1.05 bits per heavy atom. The Labute approximate surface area is 124 Å². The summed E-state index contributed by atoms with van der Waals surface area (Å²) in [5.74, 6) is 0.339. The van der Waals surface area contributed by atoms with Crippen molar-refractivity contribution in [2.75, 3.05) is 0 Å². The van der Waals surface area contributed by atoms with Crippen LogP contribution in [-0.2, 0) is 6.42 Å². The lowest BCUT2D eigenvalue weighted by molar-refractivity contribution is 0.223. The maximum absolute atomic E-state index is 9.28. The highest BCUT2D eigenvalue weighted by Gasteiger charge is 2.26. The van der Waals surface area contributed by atoms with Crippen LogP contribution >= 0.6 is 0 Å². The molecule has 0 spiro atoms. The number of aryl methyl sites for hydroxylation is 1. The van der Waals surface area contributed by atoms with E-state index in [2.05, 4.69) is 46.9 Å². The summed E-state index contributed by atoms with van der Waals surface area (Å²) in [5, 5.41) is 13.0. The van der Waals surface area contributed by atoms with Gasteiger partial charge in [0.1, 0.15) is 5.75 Å². The van der Waals surface area contributed by atoms with Crippen LogP contribution in [0.15, 0.2) is 24.3 Å². The van der Waals surface area contributed by atoms with E-state index in [0.29, 0.717) is 17.2 Å². The van der Waals surface area contributed by atoms with Gasteiger partial charge in [0.15, 0.2) is 0 Å². The summed E-state index contributed by atoms with van der Waals surface area (Å²) in [5.41, 5.74) is 1.78. The van der Waals surface area contributed by atoms with Gasteiger partial charge < -0.3 is 10.4 Å². The number of hydrogen-bond donors (Lipinski definition) is 2. The van der Waals surface area contributed by atoms with E-state index in [1.54, 1.807) is 12.1 Å². The van der Waals surface area contributed by atoms with Crippen molar-refractivity contribution in [3.8, 4) is 5.75 Å². The first-order chi connectivity index (χ1) is 9.07. The van der Waals surface area contributed by atoms with E-state index < -0.39 is 0 Å². The summed E-state index contributed by atoms with van der Waals surface area (Å²) in [4.78, 5) is 0. The van der Waals surface area contributed by atoms with Gasteiger partial charge in [0.2, 0.25) is 0 Å². The largest absolute Gasteiger partial charge is 0.508 e. The topological polar surface area (TPSA) is 32.3 Å². The van der Waals surface area contributed by atoms with Crippen molar-refractivity contribution >= 4 is 0 Å². The number of aromatic hydroxyl groups is 1. The second-order valence-electron chi connectivity index (χ2n) is 7.87. The first kappa shape index (κ1) is 17.0. The van der Waals surface area contributed by atoms with Gasteiger partial charge in [-0.25, -0.2) is 0 Å². The minimum atomic E-state index is 0.159. The zero-order valence-electron chi connectivity index (χ0n) is 14.0. The quantitative estimate of drug-likeness (QED) is 0.801. The fourth-order valence-electron chi connectivity index (χ4n) is 3.16. The fraction of sp³-hybridized carbons (Fsp3) is 0.667. The zero-order chi connectivity index (χ0) is 15.4. The molecule has 2 heteroatoms. The Morgan fingerprint density at radius 2 is 1.60 bits per heavy atom. The Bertz CT molecular complexity index is 400. The van der Waals surface area contributed by atoms with Gasteiger partial charge in [0.25, 0.3) is 0 Å². The molecule has 0 aliphatic carbocycles. The molecule has 2 nitrogen and oxygen atoms in total. The molecule has 0 heterocycles. The van der Waals surface area contributed by atoms with Crippen LogP contribution in [0.3, 0.4) is 0 Å². The lowest BCUT2D eigenvalue weighted by atomic mass is 9.81. The van der Waals surface area contributed by atoms with Crippen LogP contribution in [0.5, 0.6) is 5.75 Å². The van der Waals surface area contributed by atoms with E-state index in [4.69, 9.17) is 0 Å². The Kier molecular flexibility index (Phi) is 5.64. The van der Waals surface area contributed by atoms with E-state index >= 15 is 0 Å². The molecule has 0 fully saturated rings. The van der Waals surface area contributed by atoms with Gasteiger partial charge in [0.05, 0.1) is 0 Å². The summed E-state index contributed by atoms with van der Waals surface area (Å²) >= 11 is 0. The van der Waals surface area contributed by atoms with Gasteiger partial charge in [-0.2, -0.15) is 0 Å². The van der Waals surface area contributed by atoms with Crippen LogP contribution in [0.1, 0.15) is 59.9 Å². The first-order valence-corrected chi connectivity index (χ1v) is 7.63. The summed E-state index contributed by atoms with van der Waals surface area (Å²) in [7, 11) is 0. The minimum absolute atomic E-state index is 0.159. The third-order valence-corrected chi connectivity index (χ3v) is 3.41. The monoisotopic (exact) mass is 277 g/mol. The van der Waals surface area contributed by atoms with Crippen molar-refractivity contribution in [1.29, 1.82) is 0 Å². The average molecular weight is 277 g/mol. The van der Waals surface area contributed by atoms with Crippen molar-refractivity contribution in [2.24, 2.45) is 5.41 Å². The predicted octanol–water partition coefficient (Wildman–Crippen LogP) is 4.52. The van der Waals surface area contributed by atoms with Gasteiger partial charge in [0, 0.05) is 11.6 Å². The SMILES string of the molecule is CC(CCc1ccc(O)cc1)NC(C)(C)CC(C)(C)C. The van der Waals surface area contributed by atoms with Gasteiger partial charge >= 0.3 is 0 Å². The number of nitrogens with one attached hydrogen (secondary N) is 1. The van der Waals surface area contributed by atoms with Gasteiger partial charge in [-0.3, -0.25) is 0 Å². The molecule has 20 heavy (non-hydrogen) atoms. The fourth-order valence-corrected chi connectivity index (χ4v) is 3.16. The molecule has 2 N–H and O–H groups in total. The van der Waals surface area contributed by atoms with E-state index in [1.807, 2.05) is 12.1 Å². The third kappa shape index (κ3) is 6.95. The van der Waals surface area contributed by atoms with E-state index in [1.165, 1.54) is 5.56 Å². The summed E-state index contributed by atoms with van der Waals surface area (Å²) in [6, 6.07) is 8.01. The number of hydrogen-bond acceptors (Lipinski definition) is 2. The smallest absolute Gasteiger partial charge is 0.115 e. The Hall–Kier alpha value is -1.02. The molecule has 0 saturated carbocycles. The maximum Gasteiger partial charge on any atom is 0.115 e. The number of benzene rings is 1. The summed E-state index contributed by atoms with van der Waals surface area (Å²) < 4.78 is 0. The van der Waals surface area contributed by atoms with Crippen molar-refractivity contribution in [3.63, 3.8) is 0 Å². The van der Waals surface area contributed by atoms with E-state index in [-0.39, 0.29) is 5.54 Å². The maximum atomic E-state index is 9.28. The van der Waals surface area contributed by atoms with E-state index in [0.717, 1.165) is 19.3 Å². The number of rotatable bonds is 6. The Balaban J connectivity index is 2.43. The highest BCUT2D eigenvalue weighted by molar-refractivity contribution is 5.25. The lowest BCUT2D eigenvalue weighted by Gasteiger charge is -2.36. The van der Waals surface area contributed by atoms with Crippen LogP contribution in [-0.4, -0.2) is 16.7 Å². The summed E-state index contributed by atoms with van der Waals surface area (Å²) in [6.45, 7) is 13.7. The molecule has 0 aromatic heterocycles. The molecule has 0 amide bonds. The molecule has 1 unspecified atom stereocenters. The van der Waals surface area contributed by atoms with Crippen molar-refractivity contribution in [2.45, 2.75) is 72.4 Å². The molecule has 1 aromatic carbocycles. The Morgan fingerprint density at radius 3 is 2.10 bits per heavy atom. The standard InChI is InChI=1S/C18H31NO/c1-14(19-18(5,6)13-17(2,3)4)7-8-15-9-11-16(20)12-10-15/h9-12,14,19-20H,7-8,13H2,1-6H3. The van der Waals surface area contributed by atoms with Crippen molar-refractivity contribution in [1.82, 2.24) is 5.32 Å². The third-order valence-electron chi connectivity index (χ3n) is 3.41. The molecule has 1 atom stereocenters. The molecule has 0 bridgehead atoms. The van der Waals surface area contributed by atoms with Crippen LogP contribution in [0.2, 0.25) is 0 Å². The second kappa shape index (κ2) is 6.62. The van der Waals surface area contributed by atoms with Gasteiger partial charge in [-0.05, 0) is 63.1 Å². The number of phenols is 1. The predicted molar refractivity (Wildman–Crippen MR) is 87.2 cm³/mol. The van der Waals surface area contributed by atoms with Crippen LogP contribution in [0.4, 0.5) is 0 Å². The molecule has 0 aliphatic heterocycles. The normalized spacial score (nSPS) is 14.3. The molecule has 114 valence electrons. The average Bonchev–Trinajstić information content (AvgIpc) is 2.24. The van der Waals surface area contributed by atoms with Crippen LogP contribution in [0, 0.1) is 5.41 Å². The highest BCUT2D eigenvalue weighted by atomic mass is 16.3. The van der Waals surface area contributed by atoms with E-state index in [9.17, 15) is 5.11 Å².